The molecule has 0 heterocycles. The Balaban J connectivity index is 2.55. The zero-order valence-corrected chi connectivity index (χ0v) is 10.1. The standard InChI is InChI=1S/C14H11F4N/c1-19-14(8-4-2-3-5-10(8)15)9-6-12(17)13(18)7-11(9)16/h2-7,14,19H,1H3. The zero-order chi connectivity index (χ0) is 14.0. The van der Waals surface area contributed by atoms with E-state index in [2.05, 4.69) is 5.32 Å². The number of hydrogen-bond acceptors (Lipinski definition) is 1. The molecule has 0 bridgehead atoms. The minimum atomic E-state index is -1.27. The fourth-order valence-corrected chi connectivity index (χ4v) is 1.95. The van der Waals surface area contributed by atoms with Gasteiger partial charge in [0.2, 0.25) is 0 Å². The van der Waals surface area contributed by atoms with Crippen LogP contribution in [0.3, 0.4) is 0 Å². The molecule has 100 valence electrons. The minimum absolute atomic E-state index is 0.147. The van der Waals surface area contributed by atoms with Crippen molar-refractivity contribution in [1.82, 2.24) is 5.32 Å². The highest BCUT2D eigenvalue weighted by atomic mass is 19.2. The molecule has 0 saturated carbocycles. The second kappa shape index (κ2) is 5.40. The molecule has 0 aliphatic carbocycles. The summed E-state index contributed by atoms with van der Waals surface area (Å²) in [6.07, 6.45) is 0. The van der Waals surface area contributed by atoms with E-state index in [-0.39, 0.29) is 11.1 Å². The molecule has 2 rings (SSSR count). The Morgan fingerprint density at radius 3 is 2.05 bits per heavy atom. The van der Waals surface area contributed by atoms with Crippen LogP contribution in [0.1, 0.15) is 17.2 Å². The fraction of sp³-hybridized carbons (Fsp3) is 0.143. The molecule has 0 saturated heterocycles. The topological polar surface area (TPSA) is 12.0 Å². The normalized spacial score (nSPS) is 12.5. The van der Waals surface area contributed by atoms with E-state index in [1.165, 1.54) is 25.2 Å². The lowest BCUT2D eigenvalue weighted by molar-refractivity contribution is 0.481. The minimum Gasteiger partial charge on any atom is -0.309 e. The van der Waals surface area contributed by atoms with Gasteiger partial charge in [-0.05, 0) is 19.2 Å². The van der Waals surface area contributed by atoms with Gasteiger partial charge in [0.25, 0.3) is 0 Å². The van der Waals surface area contributed by atoms with Gasteiger partial charge in [0.05, 0.1) is 6.04 Å². The second-order valence-electron chi connectivity index (χ2n) is 4.03. The molecular formula is C14H11F4N. The summed E-state index contributed by atoms with van der Waals surface area (Å²) in [4.78, 5) is 0. The monoisotopic (exact) mass is 269 g/mol. The van der Waals surface area contributed by atoms with E-state index in [1.54, 1.807) is 6.07 Å². The third-order valence-electron chi connectivity index (χ3n) is 2.86. The average Bonchev–Trinajstić information content (AvgIpc) is 2.38. The summed E-state index contributed by atoms with van der Waals surface area (Å²) in [6.45, 7) is 0. The number of nitrogens with one attached hydrogen (secondary N) is 1. The van der Waals surface area contributed by atoms with Gasteiger partial charge in [0.1, 0.15) is 11.6 Å². The Hall–Kier alpha value is -1.88. The summed E-state index contributed by atoms with van der Waals surface area (Å²) in [7, 11) is 1.48. The Morgan fingerprint density at radius 2 is 1.42 bits per heavy atom. The fourth-order valence-electron chi connectivity index (χ4n) is 1.95. The van der Waals surface area contributed by atoms with Crippen LogP contribution in [0.4, 0.5) is 17.6 Å². The van der Waals surface area contributed by atoms with Crippen molar-refractivity contribution in [3.8, 4) is 0 Å². The van der Waals surface area contributed by atoms with E-state index in [0.29, 0.717) is 6.07 Å². The number of benzene rings is 2. The van der Waals surface area contributed by atoms with Gasteiger partial charge in [-0.25, -0.2) is 17.6 Å². The summed E-state index contributed by atoms with van der Waals surface area (Å²) in [6, 6.07) is 6.05. The SMILES string of the molecule is CNC(c1ccccc1F)c1cc(F)c(F)cc1F. The van der Waals surface area contributed by atoms with Gasteiger partial charge in [-0.1, -0.05) is 18.2 Å². The van der Waals surface area contributed by atoms with Crippen molar-refractivity contribution < 1.29 is 17.6 Å². The van der Waals surface area contributed by atoms with Crippen molar-refractivity contribution in [2.24, 2.45) is 0 Å². The lowest BCUT2D eigenvalue weighted by atomic mass is 9.97. The van der Waals surface area contributed by atoms with Crippen LogP contribution in [-0.4, -0.2) is 7.05 Å². The predicted octanol–water partition coefficient (Wildman–Crippen LogP) is 3.55. The average molecular weight is 269 g/mol. The van der Waals surface area contributed by atoms with Gasteiger partial charge < -0.3 is 5.32 Å². The van der Waals surface area contributed by atoms with Crippen LogP contribution in [0.5, 0.6) is 0 Å². The van der Waals surface area contributed by atoms with Crippen LogP contribution in [0.25, 0.3) is 0 Å². The van der Waals surface area contributed by atoms with E-state index in [1.807, 2.05) is 0 Å². The van der Waals surface area contributed by atoms with Crippen LogP contribution in [0.2, 0.25) is 0 Å². The molecule has 0 fully saturated rings. The first kappa shape index (κ1) is 13.5. The summed E-state index contributed by atoms with van der Waals surface area (Å²) >= 11 is 0. The van der Waals surface area contributed by atoms with Crippen LogP contribution >= 0.6 is 0 Å². The van der Waals surface area contributed by atoms with Crippen molar-refractivity contribution in [3.05, 3.63) is 70.8 Å². The molecule has 0 aliphatic heterocycles. The quantitative estimate of drug-likeness (QED) is 0.663. The molecule has 1 unspecified atom stereocenters. The maximum Gasteiger partial charge on any atom is 0.161 e. The third kappa shape index (κ3) is 2.61. The molecule has 5 heteroatoms. The Bertz CT molecular complexity index is 598. The van der Waals surface area contributed by atoms with Gasteiger partial charge in [-0.2, -0.15) is 0 Å². The first-order valence-electron chi connectivity index (χ1n) is 5.60. The van der Waals surface area contributed by atoms with Crippen molar-refractivity contribution in [3.63, 3.8) is 0 Å². The first-order valence-corrected chi connectivity index (χ1v) is 5.60. The molecule has 0 aromatic heterocycles. The molecule has 2 aromatic carbocycles. The number of hydrogen-bond donors (Lipinski definition) is 1. The predicted molar refractivity (Wildman–Crippen MR) is 63.6 cm³/mol. The highest BCUT2D eigenvalue weighted by molar-refractivity contribution is 5.34. The van der Waals surface area contributed by atoms with Gasteiger partial charge in [-0.15, -0.1) is 0 Å². The van der Waals surface area contributed by atoms with E-state index in [4.69, 9.17) is 0 Å². The Morgan fingerprint density at radius 1 is 0.789 bits per heavy atom. The second-order valence-corrected chi connectivity index (χ2v) is 4.03. The summed E-state index contributed by atoms with van der Waals surface area (Å²) < 4.78 is 53.5. The highest BCUT2D eigenvalue weighted by Gasteiger charge is 2.21. The van der Waals surface area contributed by atoms with Crippen molar-refractivity contribution in [2.75, 3.05) is 7.05 Å². The number of rotatable bonds is 3. The van der Waals surface area contributed by atoms with Crippen LogP contribution in [0.15, 0.2) is 36.4 Å². The molecule has 0 radical (unpaired) electrons. The van der Waals surface area contributed by atoms with Crippen molar-refractivity contribution >= 4 is 0 Å². The molecule has 1 N–H and O–H groups in total. The Labute approximate surface area is 107 Å². The van der Waals surface area contributed by atoms with E-state index in [9.17, 15) is 17.6 Å². The summed E-state index contributed by atoms with van der Waals surface area (Å²) in [5.74, 6) is -3.93. The molecule has 1 atom stereocenters. The molecule has 0 aliphatic rings. The van der Waals surface area contributed by atoms with Crippen molar-refractivity contribution in [2.45, 2.75) is 6.04 Å². The molecule has 0 amide bonds. The van der Waals surface area contributed by atoms with E-state index >= 15 is 0 Å². The van der Waals surface area contributed by atoms with Crippen LogP contribution < -0.4 is 5.32 Å². The number of halogens is 4. The molecule has 19 heavy (non-hydrogen) atoms. The van der Waals surface area contributed by atoms with Gasteiger partial charge in [-0.3, -0.25) is 0 Å². The van der Waals surface area contributed by atoms with E-state index in [0.717, 1.165) is 6.07 Å². The van der Waals surface area contributed by atoms with Gasteiger partial charge in [0, 0.05) is 17.2 Å². The molecule has 2 aromatic rings. The molecular weight excluding hydrogens is 258 g/mol. The zero-order valence-electron chi connectivity index (χ0n) is 10.1. The smallest absolute Gasteiger partial charge is 0.161 e. The largest absolute Gasteiger partial charge is 0.309 e. The van der Waals surface area contributed by atoms with Crippen LogP contribution in [0, 0.1) is 23.3 Å². The first-order chi connectivity index (χ1) is 9.04. The third-order valence-corrected chi connectivity index (χ3v) is 2.86. The molecule has 1 nitrogen and oxygen atoms in total. The molecule has 0 spiro atoms. The van der Waals surface area contributed by atoms with Crippen LogP contribution in [-0.2, 0) is 0 Å². The van der Waals surface area contributed by atoms with Gasteiger partial charge in [0.15, 0.2) is 11.6 Å². The lowest BCUT2D eigenvalue weighted by Crippen LogP contribution is -2.20. The summed E-state index contributed by atoms with van der Waals surface area (Å²) in [5.41, 5.74) is 0.0152. The maximum atomic E-state index is 13.7. The van der Waals surface area contributed by atoms with Crippen molar-refractivity contribution in [1.29, 1.82) is 0 Å². The maximum absolute atomic E-state index is 13.7. The van der Waals surface area contributed by atoms with Gasteiger partial charge >= 0.3 is 0 Å². The Kier molecular flexibility index (Phi) is 3.85. The summed E-state index contributed by atoms with van der Waals surface area (Å²) in [5, 5.41) is 2.69. The van der Waals surface area contributed by atoms with E-state index < -0.39 is 29.3 Å². The lowest BCUT2D eigenvalue weighted by Gasteiger charge is -2.18. The highest BCUT2D eigenvalue weighted by Crippen LogP contribution is 2.27.